The molecule has 2 rings (SSSR count). The molecule has 0 aliphatic rings. The van der Waals surface area contributed by atoms with Gasteiger partial charge in [0.05, 0.1) is 10.0 Å². The molecule has 0 aliphatic heterocycles. The summed E-state index contributed by atoms with van der Waals surface area (Å²) in [6, 6.07) is 10.3. The first-order valence-electron chi connectivity index (χ1n) is 5.64. The maximum absolute atomic E-state index is 13.1. The number of benzene rings is 2. The van der Waals surface area contributed by atoms with E-state index in [9.17, 15) is 4.39 Å². The van der Waals surface area contributed by atoms with Crippen LogP contribution >= 0.6 is 39.1 Å². The summed E-state index contributed by atoms with van der Waals surface area (Å²) in [4.78, 5) is 0. The lowest BCUT2D eigenvalue weighted by Crippen LogP contribution is -2.06. The predicted octanol–water partition coefficient (Wildman–Crippen LogP) is 6.07. The fourth-order valence-electron chi connectivity index (χ4n) is 1.70. The molecule has 0 radical (unpaired) electrons. The molecule has 0 bridgehead atoms. The van der Waals surface area contributed by atoms with Crippen molar-refractivity contribution in [2.75, 3.05) is 5.32 Å². The van der Waals surface area contributed by atoms with Crippen LogP contribution in [0.15, 0.2) is 40.9 Å². The molecule has 1 N–H and O–H groups in total. The topological polar surface area (TPSA) is 12.0 Å². The van der Waals surface area contributed by atoms with Gasteiger partial charge in [-0.25, -0.2) is 4.39 Å². The van der Waals surface area contributed by atoms with Crippen LogP contribution in [0.2, 0.25) is 10.0 Å². The van der Waals surface area contributed by atoms with Crippen LogP contribution in [0.3, 0.4) is 0 Å². The molecule has 0 aromatic heterocycles. The largest absolute Gasteiger partial charge is 0.378 e. The zero-order valence-corrected chi connectivity index (χ0v) is 13.2. The SMILES string of the molecule is CC(Nc1ccc(Cl)c(Br)c1)c1ccc(F)c(Cl)c1. The maximum atomic E-state index is 13.1. The maximum Gasteiger partial charge on any atom is 0.141 e. The Labute approximate surface area is 129 Å². The zero-order valence-electron chi connectivity index (χ0n) is 10.1. The Balaban J connectivity index is 2.17. The summed E-state index contributed by atoms with van der Waals surface area (Å²) in [7, 11) is 0. The van der Waals surface area contributed by atoms with E-state index >= 15 is 0 Å². The number of anilines is 1. The summed E-state index contributed by atoms with van der Waals surface area (Å²) in [6.45, 7) is 1.98. The van der Waals surface area contributed by atoms with Crippen molar-refractivity contribution in [2.24, 2.45) is 0 Å². The van der Waals surface area contributed by atoms with Crippen molar-refractivity contribution in [2.45, 2.75) is 13.0 Å². The van der Waals surface area contributed by atoms with Gasteiger partial charge in [-0.1, -0.05) is 29.3 Å². The molecule has 2 aromatic carbocycles. The third-order valence-corrected chi connectivity index (χ3v) is 4.25. The Morgan fingerprint density at radius 1 is 1.11 bits per heavy atom. The van der Waals surface area contributed by atoms with Crippen molar-refractivity contribution in [3.05, 3.63) is 62.3 Å². The molecular weight excluding hydrogens is 352 g/mol. The molecule has 0 amide bonds. The van der Waals surface area contributed by atoms with Crippen molar-refractivity contribution in [3.8, 4) is 0 Å². The summed E-state index contributed by atoms with van der Waals surface area (Å²) in [5.41, 5.74) is 1.83. The van der Waals surface area contributed by atoms with Crippen LogP contribution in [-0.4, -0.2) is 0 Å². The first-order chi connectivity index (χ1) is 8.97. The highest BCUT2D eigenvalue weighted by atomic mass is 79.9. The normalized spacial score (nSPS) is 12.3. The van der Waals surface area contributed by atoms with E-state index in [-0.39, 0.29) is 11.1 Å². The second-order valence-corrected chi connectivity index (χ2v) is 5.84. The molecule has 5 heteroatoms. The number of halogens is 4. The van der Waals surface area contributed by atoms with Gasteiger partial charge in [-0.2, -0.15) is 0 Å². The molecule has 0 spiro atoms. The van der Waals surface area contributed by atoms with Gasteiger partial charge in [0.25, 0.3) is 0 Å². The molecule has 19 heavy (non-hydrogen) atoms. The molecule has 1 nitrogen and oxygen atoms in total. The van der Waals surface area contributed by atoms with E-state index in [4.69, 9.17) is 23.2 Å². The van der Waals surface area contributed by atoms with E-state index in [1.807, 2.05) is 19.1 Å². The van der Waals surface area contributed by atoms with Crippen molar-refractivity contribution >= 4 is 44.8 Å². The second kappa shape index (κ2) is 6.12. The minimum atomic E-state index is -0.410. The van der Waals surface area contributed by atoms with Crippen molar-refractivity contribution in [1.82, 2.24) is 0 Å². The van der Waals surface area contributed by atoms with Crippen LogP contribution in [0, 0.1) is 5.82 Å². The minimum Gasteiger partial charge on any atom is -0.378 e. The average molecular weight is 363 g/mol. The van der Waals surface area contributed by atoms with E-state index < -0.39 is 5.82 Å². The molecular formula is C14H11BrCl2FN. The lowest BCUT2D eigenvalue weighted by Gasteiger charge is -2.16. The molecule has 0 saturated heterocycles. The Kier molecular flexibility index (Phi) is 4.71. The van der Waals surface area contributed by atoms with Crippen LogP contribution in [-0.2, 0) is 0 Å². The molecule has 0 fully saturated rings. The van der Waals surface area contributed by atoms with Crippen LogP contribution in [0.4, 0.5) is 10.1 Å². The van der Waals surface area contributed by atoms with Crippen LogP contribution in [0.25, 0.3) is 0 Å². The van der Waals surface area contributed by atoms with Gasteiger partial charge in [0.1, 0.15) is 5.82 Å². The van der Waals surface area contributed by atoms with Crippen molar-refractivity contribution in [1.29, 1.82) is 0 Å². The first-order valence-corrected chi connectivity index (χ1v) is 7.19. The van der Waals surface area contributed by atoms with Crippen molar-refractivity contribution < 1.29 is 4.39 Å². The highest BCUT2D eigenvalue weighted by molar-refractivity contribution is 9.10. The van der Waals surface area contributed by atoms with Crippen LogP contribution in [0.1, 0.15) is 18.5 Å². The monoisotopic (exact) mass is 361 g/mol. The summed E-state index contributed by atoms with van der Waals surface area (Å²) in [5, 5.41) is 4.09. The van der Waals surface area contributed by atoms with Gasteiger partial charge in [0, 0.05) is 16.2 Å². The fourth-order valence-corrected chi connectivity index (χ4v) is 2.39. The van der Waals surface area contributed by atoms with Crippen LogP contribution in [0.5, 0.6) is 0 Å². The van der Waals surface area contributed by atoms with Gasteiger partial charge < -0.3 is 5.32 Å². The van der Waals surface area contributed by atoms with Gasteiger partial charge in [0.2, 0.25) is 0 Å². The van der Waals surface area contributed by atoms with Gasteiger partial charge in [0.15, 0.2) is 0 Å². The molecule has 0 aliphatic carbocycles. The van der Waals surface area contributed by atoms with E-state index in [2.05, 4.69) is 21.2 Å². The minimum absolute atomic E-state index is 0.00572. The van der Waals surface area contributed by atoms with E-state index in [0.29, 0.717) is 5.02 Å². The Morgan fingerprint density at radius 3 is 2.47 bits per heavy atom. The molecule has 1 atom stereocenters. The Bertz CT molecular complexity index is 604. The number of hydrogen-bond donors (Lipinski definition) is 1. The summed E-state index contributed by atoms with van der Waals surface area (Å²) in [5.74, 6) is -0.410. The summed E-state index contributed by atoms with van der Waals surface area (Å²) in [6.07, 6.45) is 0. The van der Waals surface area contributed by atoms with E-state index in [0.717, 1.165) is 15.7 Å². The first kappa shape index (κ1) is 14.6. The van der Waals surface area contributed by atoms with E-state index in [1.165, 1.54) is 6.07 Å². The van der Waals surface area contributed by atoms with Crippen LogP contribution < -0.4 is 5.32 Å². The highest BCUT2D eigenvalue weighted by Crippen LogP contribution is 2.28. The average Bonchev–Trinajstić information content (AvgIpc) is 2.37. The lowest BCUT2D eigenvalue weighted by molar-refractivity contribution is 0.627. The number of hydrogen-bond acceptors (Lipinski definition) is 1. The summed E-state index contributed by atoms with van der Waals surface area (Å²) < 4.78 is 13.9. The molecule has 0 saturated carbocycles. The van der Waals surface area contributed by atoms with Gasteiger partial charge in [-0.05, 0) is 58.7 Å². The number of nitrogens with one attached hydrogen (secondary N) is 1. The van der Waals surface area contributed by atoms with Gasteiger partial charge in [-0.3, -0.25) is 0 Å². The second-order valence-electron chi connectivity index (χ2n) is 4.17. The third kappa shape index (κ3) is 3.62. The van der Waals surface area contributed by atoms with Gasteiger partial charge >= 0.3 is 0 Å². The Hall–Kier alpha value is -0.770. The standard InChI is InChI=1S/C14H11BrCl2FN/c1-8(9-2-5-14(18)13(17)6-9)19-10-3-4-12(16)11(15)7-10/h2-8,19H,1H3. The number of rotatable bonds is 3. The zero-order chi connectivity index (χ0) is 14.0. The quantitative estimate of drug-likeness (QED) is 0.698. The Morgan fingerprint density at radius 2 is 1.84 bits per heavy atom. The third-order valence-electron chi connectivity index (χ3n) is 2.75. The molecule has 0 heterocycles. The van der Waals surface area contributed by atoms with Crippen molar-refractivity contribution in [3.63, 3.8) is 0 Å². The smallest absolute Gasteiger partial charge is 0.141 e. The summed E-state index contributed by atoms with van der Waals surface area (Å²) >= 11 is 15.1. The molecule has 2 aromatic rings. The molecule has 1 unspecified atom stereocenters. The fraction of sp³-hybridized carbons (Fsp3) is 0.143. The van der Waals surface area contributed by atoms with E-state index in [1.54, 1.807) is 18.2 Å². The predicted molar refractivity (Wildman–Crippen MR) is 82.6 cm³/mol. The van der Waals surface area contributed by atoms with Gasteiger partial charge in [-0.15, -0.1) is 0 Å². The lowest BCUT2D eigenvalue weighted by atomic mass is 10.1. The molecule has 100 valence electrons. The highest BCUT2D eigenvalue weighted by Gasteiger charge is 2.09.